The molecule has 40 heavy (non-hydrogen) atoms. The number of aromatic nitrogens is 3. The van der Waals surface area contributed by atoms with Gasteiger partial charge in [-0.25, -0.2) is 4.98 Å². The molecule has 2 atom stereocenters. The molecule has 1 aliphatic rings. The molecule has 0 spiro atoms. The maximum absolute atomic E-state index is 12.7. The highest BCUT2D eigenvalue weighted by Crippen LogP contribution is 2.40. The zero-order valence-corrected chi connectivity index (χ0v) is 23.2. The van der Waals surface area contributed by atoms with Crippen LogP contribution in [0.25, 0.3) is 11.0 Å². The molecule has 0 aliphatic heterocycles. The van der Waals surface area contributed by atoms with Crippen molar-refractivity contribution in [3.63, 3.8) is 0 Å². The molecule has 4 aromatic rings. The van der Waals surface area contributed by atoms with E-state index in [0.717, 1.165) is 29.6 Å². The summed E-state index contributed by atoms with van der Waals surface area (Å²) in [5, 5.41) is 9.96. The minimum Gasteiger partial charge on any atom is -0.487 e. The highest BCUT2D eigenvalue weighted by molar-refractivity contribution is 9.10. The Kier molecular flexibility index (Phi) is 8.02. The van der Waals surface area contributed by atoms with Crippen molar-refractivity contribution in [1.29, 1.82) is 0 Å². The van der Waals surface area contributed by atoms with Crippen LogP contribution in [0.1, 0.15) is 54.2 Å². The Morgan fingerprint density at radius 3 is 2.58 bits per heavy atom. The molecule has 0 radical (unpaired) electrons. The standard InChI is InChI=1S/C29H27BrF3N3O4/c1-17-6-8-19(34-14-17)16-39-20-10-11-25-26(13-20)36(27(35-25)22-4-2-3-5-23(22)28(37)38)15-18-7-9-21(12-24(18)30)40-29(31,32)33/h6-14,22-23H,2-5,15-16H2,1H3,(H,37,38). The van der Waals surface area contributed by atoms with E-state index in [1.807, 2.05) is 41.8 Å². The van der Waals surface area contributed by atoms with Gasteiger partial charge in [0.2, 0.25) is 0 Å². The highest BCUT2D eigenvalue weighted by Gasteiger charge is 2.36. The van der Waals surface area contributed by atoms with Crippen LogP contribution in [0.2, 0.25) is 0 Å². The van der Waals surface area contributed by atoms with E-state index in [1.165, 1.54) is 12.1 Å². The van der Waals surface area contributed by atoms with E-state index in [1.54, 1.807) is 12.3 Å². The van der Waals surface area contributed by atoms with Crippen molar-refractivity contribution < 1.29 is 32.5 Å². The van der Waals surface area contributed by atoms with E-state index in [0.29, 0.717) is 40.0 Å². The molecule has 1 N–H and O–H groups in total. The molecule has 1 fully saturated rings. The molecule has 11 heteroatoms. The van der Waals surface area contributed by atoms with Crippen molar-refractivity contribution in [3.05, 3.63) is 81.8 Å². The fraction of sp³-hybridized carbons (Fsp3) is 0.345. The van der Waals surface area contributed by atoms with Crippen molar-refractivity contribution in [2.24, 2.45) is 5.92 Å². The number of rotatable bonds is 8. The third-order valence-corrected chi connectivity index (χ3v) is 7.85. The second kappa shape index (κ2) is 11.5. The molecule has 2 aromatic carbocycles. The minimum atomic E-state index is -4.80. The minimum absolute atomic E-state index is 0.254. The normalized spacial score (nSPS) is 17.6. The summed E-state index contributed by atoms with van der Waals surface area (Å²) in [5.74, 6) is -0.828. The molecular weight excluding hydrogens is 591 g/mol. The van der Waals surface area contributed by atoms with Crippen LogP contribution in [-0.4, -0.2) is 32.0 Å². The SMILES string of the molecule is Cc1ccc(COc2ccc3nc(C4CCCCC4C(=O)O)n(Cc4ccc(OC(F)(F)F)cc4Br)c3c2)nc1. The highest BCUT2D eigenvalue weighted by atomic mass is 79.9. The summed E-state index contributed by atoms with van der Waals surface area (Å²) in [5.41, 5.74) is 3.93. The number of carboxylic acids is 1. The number of aryl methyl sites for hydroxylation is 1. The summed E-state index contributed by atoms with van der Waals surface area (Å²) >= 11 is 3.38. The largest absolute Gasteiger partial charge is 0.573 e. The number of aliphatic carboxylic acids is 1. The van der Waals surface area contributed by atoms with Crippen LogP contribution >= 0.6 is 15.9 Å². The summed E-state index contributed by atoms with van der Waals surface area (Å²) in [7, 11) is 0. The molecule has 0 bridgehead atoms. The van der Waals surface area contributed by atoms with Gasteiger partial charge in [-0.3, -0.25) is 9.78 Å². The lowest BCUT2D eigenvalue weighted by molar-refractivity contribution is -0.274. The number of carbonyl (C=O) groups is 1. The number of benzene rings is 2. The molecule has 1 aliphatic carbocycles. The van der Waals surface area contributed by atoms with Crippen LogP contribution in [0.15, 0.2) is 59.2 Å². The topological polar surface area (TPSA) is 86.5 Å². The molecule has 0 saturated heterocycles. The lowest BCUT2D eigenvalue weighted by atomic mass is 9.78. The first-order valence-corrected chi connectivity index (χ1v) is 13.7. The lowest BCUT2D eigenvalue weighted by Gasteiger charge is -2.28. The number of alkyl halides is 3. The zero-order chi connectivity index (χ0) is 28.4. The Hall–Kier alpha value is -3.60. The van der Waals surface area contributed by atoms with Gasteiger partial charge in [-0.15, -0.1) is 13.2 Å². The molecule has 5 rings (SSSR count). The van der Waals surface area contributed by atoms with Crippen LogP contribution in [0.4, 0.5) is 13.2 Å². The van der Waals surface area contributed by atoms with Crippen molar-refractivity contribution in [3.8, 4) is 11.5 Å². The average molecular weight is 618 g/mol. The smallest absolute Gasteiger partial charge is 0.487 e. The molecule has 0 amide bonds. The average Bonchev–Trinajstić information content (AvgIpc) is 3.26. The van der Waals surface area contributed by atoms with Gasteiger partial charge in [0, 0.05) is 22.7 Å². The lowest BCUT2D eigenvalue weighted by Crippen LogP contribution is -2.27. The maximum atomic E-state index is 12.7. The summed E-state index contributed by atoms with van der Waals surface area (Å²) < 4.78 is 50.6. The fourth-order valence-electron chi connectivity index (χ4n) is 5.16. The molecule has 2 unspecified atom stereocenters. The van der Waals surface area contributed by atoms with Gasteiger partial charge >= 0.3 is 12.3 Å². The maximum Gasteiger partial charge on any atom is 0.573 e. The van der Waals surface area contributed by atoms with Gasteiger partial charge in [0.1, 0.15) is 23.9 Å². The van der Waals surface area contributed by atoms with E-state index < -0.39 is 18.2 Å². The number of hydrogen-bond acceptors (Lipinski definition) is 5. The summed E-state index contributed by atoms with van der Waals surface area (Å²) in [4.78, 5) is 21.4. The Bertz CT molecular complexity index is 1520. The molecular formula is C29H27BrF3N3O4. The number of halogens is 4. The Morgan fingerprint density at radius 2 is 1.88 bits per heavy atom. The number of ether oxygens (including phenoxy) is 2. The number of carboxylic acid groups (broad SMARTS) is 1. The number of hydrogen-bond donors (Lipinski definition) is 1. The Morgan fingerprint density at radius 1 is 1.10 bits per heavy atom. The number of pyridine rings is 1. The van der Waals surface area contributed by atoms with Crippen LogP contribution in [-0.2, 0) is 17.9 Å². The van der Waals surface area contributed by atoms with Crippen molar-refractivity contribution in [2.75, 3.05) is 0 Å². The first-order chi connectivity index (χ1) is 19.1. The van der Waals surface area contributed by atoms with Crippen molar-refractivity contribution in [2.45, 2.75) is 58.0 Å². The van der Waals surface area contributed by atoms with E-state index in [9.17, 15) is 23.1 Å². The monoisotopic (exact) mass is 617 g/mol. The van der Waals surface area contributed by atoms with Crippen LogP contribution < -0.4 is 9.47 Å². The molecule has 1 saturated carbocycles. The summed E-state index contributed by atoms with van der Waals surface area (Å²) in [6, 6.07) is 13.4. The van der Waals surface area contributed by atoms with Gasteiger partial charge in [0.15, 0.2) is 0 Å². The van der Waals surface area contributed by atoms with E-state index in [2.05, 4.69) is 25.7 Å². The molecule has 2 heterocycles. The molecule has 7 nitrogen and oxygen atoms in total. The first-order valence-electron chi connectivity index (χ1n) is 12.9. The van der Waals surface area contributed by atoms with Gasteiger partial charge in [-0.1, -0.05) is 40.9 Å². The molecule has 2 aromatic heterocycles. The Labute approximate surface area is 237 Å². The van der Waals surface area contributed by atoms with E-state index >= 15 is 0 Å². The van der Waals surface area contributed by atoms with Crippen molar-refractivity contribution in [1.82, 2.24) is 14.5 Å². The van der Waals surface area contributed by atoms with Crippen LogP contribution in [0.5, 0.6) is 11.5 Å². The summed E-state index contributed by atoms with van der Waals surface area (Å²) in [6.45, 7) is 2.48. The number of imidazole rings is 1. The predicted molar refractivity (Wildman–Crippen MR) is 145 cm³/mol. The van der Waals surface area contributed by atoms with Gasteiger partial charge in [-0.05, 0) is 61.2 Å². The fourth-order valence-corrected chi connectivity index (χ4v) is 5.64. The van der Waals surface area contributed by atoms with E-state index in [4.69, 9.17) is 9.72 Å². The third-order valence-electron chi connectivity index (χ3n) is 7.11. The second-order valence-corrected chi connectivity index (χ2v) is 10.8. The van der Waals surface area contributed by atoms with Gasteiger partial charge in [0.05, 0.1) is 29.2 Å². The van der Waals surface area contributed by atoms with Crippen LogP contribution in [0, 0.1) is 12.8 Å². The number of nitrogens with zero attached hydrogens (tertiary/aromatic N) is 3. The van der Waals surface area contributed by atoms with Gasteiger partial charge in [-0.2, -0.15) is 0 Å². The first kappa shape index (κ1) is 27.9. The number of fused-ring (bicyclic) bond motifs is 1. The zero-order valence-electron chi connectivity index (χ0n) is 21.6. The summed E-state index contributed by atoms with van der Waals surface area (Å²) in [6.07, 6.45) is -0.0502. The van der Waals surface area contributed by atoms with Crippen molar-refractivity contribution >= 4 is 32.9 Å². The Balaban J connectivity index is 1.52. The van der Waals surface area contributed by atoms with Gasteiger partial charge < -0.3 is 19.1 Å². The quantitative estimate of drug-likeness (QED) is 0.222. The van der Waals surface area contributed by atoms with E-state index in [-0.39, 0.29) is 24.8 Å². The van der Waals surface area contributed by atoms with Crippen LogP contribution in [0.3, 0.4) is 0 Å². The molecule has 210 valence electrons. The van der Waals surface area contributed by atoms with Gasteiger partial charge in [0.25, 0.3) is 0 Å². The predicted octanol–water partition coefficient (Wildman–Crippen LogP) is 7.39. The third kappa shape index (κ3) is 6.41. The second-order valence-electron chi connectivity index (χ2n) is 9.96.